The number of halogens is 1. The van der Waals surface area contributed by atoms with E-state index in [1.165, 1.54) is 31.0 Å². The molecule has 1 heterocycles. The molecule has 1 fully saturated rings. The van der Waals surface area contributed by atoms with Gasteiger partial charge in [-0.3, -0.25) is 9.69 Å². The number of ether oxygens (including phenoxy) is 1. The quantitative estimate of drug-likeness (QED) is 0.411. The molecule has 172 valence electrons. The van der Waals surface area contributed by atoms with Gasteiger partial charge in [0.2, 0.25) is 0 Å². The molecule has 2 N–H and O–H groups in total. The molecule has 0 bridgehead atoms. The van der Waals surface area contributed by atoms with Crippen LogP contribution in [0.2, 0.25) is 0 Å². The summed E-state index contributed by atoms with van der Waals surface area (Å²) < 4.78 is 18.4. The average Bonchev–Trinajstić information content (AvgIpc) is 3.15. The molecule has 7 heteroatoms. The van der Waals surface area contributed by atoms with Gasteiger partial charge in [-0.25, -0.2) is 4.39 Å². The van der Waals surface area contributed by atoms with E-state index in [0.29, 0.717) is 36.1 Å². The van der Waals surface area contributed by atoms with Crippen molar-refractivity contribution in [3.63, 3.8) is 0 Å². The number of thioether (sulfide) groups is 1. The largest absolute Gasteiger partial charge is 0.507 e. The molecule has 33 heavy (non-hydrogen) atoms. The van der Waals surface area contributed by atoms with Crippen molar-refractivity contribution < 1.29 is 24.1 Å². The Bertz CT molecular complexity index is 1090. The Hall–Kier alpha value is -3.03. The van der Waals surface area contributed by atoms with Crippen LogP contribution in [0.3, 0.4) is 0 Å². The van der Waals surface area contributed by atoms with Crippen LogP contribution in [-0.2, 0) is 0 Å². The number of para-hydroxylation sites is 1. The molecular weight excluding hydrogens is 441 g/mol. The lowest BCUT2D eigenvalue weighted by molar-refractivity contribution is 0.163. The second-order valence-electron chi connectivity index (χ2n) is 8.00. The highest BCUT2D eigenvalue weighted by Crippen LogP contribution is 2.48. The lowest BCUT2D eigenvalue weighted by Gasteiger charge is -2.28. The molecule has 3 aromatic carbocycles. The first-order valence-corrected chi connectivity index (χ1v) is 11.7. The van der Waals surface area contributed by atoms with Crippen molar-refractivity contribution in [2.45, 2.75) is 36.7 Å². The second-order valence-corrected chi connectivity index (χ2v) is 9.19. The maximum absolute atomic E-state index is 13.2. The van der Waals surface area contributed by atoms with E-state index in [1.54, 1.807) is 35.2 Å². The van der Waals surface area contributed by atoms with Gasteiger partial charge in [0.25, 0.3) is 5.24 Å². The molecule has 1 aliphatic heterocycles. The average molecular weight is 468 g/mol. The normalized spacial score (nSPS) is 19.0. The minimum Gasteiger partial charge on any atom is -0.507 e. The highest BCUT2D eigenvalue weighted by molar-refractivity contribution is 8.14. The van der Waals surface area contributed by atoms with Crippen molar-refractivity contribution >= 4 is 22.7 Å². The van der Waals surface area contributed by atoms with Gasteiger partial charge in [-0.1, -0.05) is 42.1 Å². The summed E-state index contributed by atoms with van der Waals surface area (Å²) in [5, 5.41) is 21.0. The maximum Gasteiger partial charge on any atom is 0.287 e. The Morgan fingerprint density at radius 1 is 1.09 bits per heavy atom. The fourth-order valence-electron chi connectivity index (χ4n) is 4.21. The molecule has 0 saturated carbocycles. The number of benzene rings is 3. The third-order valence-corrected chi connectivity index (χ3v) is 7.09. The molecule has 3 atom stereocenters. The van der Waals surface area contributed by atoms with Crippen LogP contribution >= 0.6 is 11.8 Å². The van der Waals surface area contributed by atoms with Gasteiger partial charge in [0.15, 0.2) is 0 Å². The molecule has 0 aromatic heterocycles. The molecule has 4 rings (SSSR count). The van der Waals surface area contributed by atoms with Crippen LogP contribution in [0.25, 0.3) is 0 Å². The molecule has 1 unspecified atom stereocenters. The molecule has 1 amide bonds. The first-order chi connectivity index (χ1) is 16.0. The van der Waals surface area contributed by atoms with Crippen LogP contribution in [-0.4, -0.2) is 27.8 Å². The summed E-state index contributed by atoms with van der Waals surface area (Å²) in [7, 11) is 1.54. The third-order valence-electron chi connectivity index (χ3n) is 5.89. The van der Waals surface area contributed by atoms with Crippen molar-refractivity contribution in [3.05, 3.63) is 89.7 Å². The van der Waals surface area contributed by atoms with Gasteiger partial charge >= 0.3 is 0 Å². The number of aliphatic hydroxyl groups excluding tert-OH is 1. The summed E-state index contributed by atoms with van der Waals surface area (Å²) >= 11 is 1.25. The molecule has 3 aromatic rings. The smallest absolute Gasteiger partial charge is 0.287 e. The topological polar surface area (TPSA) is 70.0 Å². The number of rotatable bonds is 8. The van der Waals surface area contributed by atoms with Gasteiger partial charge in [0, 0.05) is 22.6 Å². The molecule has 0 spiro atoms. The number of aliphatic hydroxyl groups is 1. The fraction of sp³-hybridized carbons (Fsp3) is 0.269. The Kier molecular flexibility index (Phi) is 7.20. The minimum absolute atomic E-state index is 0.0759. The number of hydrogen-bond acceptors (Lipinski definition) is 5. The first kappa shape index (κ1) is 23.1. The molecule has 1 saturated heterocycles. The number of methoxy groups -OCH3 is 1. The van der Waals surface area contributed by atoms with Crippen LogP contribution < -0.4 is 9.64 Å². The van der Waals surface area contributed by atoms with E-state index in [2.05, 4.69) is 0 Å². The van der Waals surface area contributed by atoms with Gasteiger partial charge < -0.3 is 14.9 Å². The number of amides is 1. The number of carbonyl (C=O) groups is 1. The van der Waals surface area contributed by atoms with E-state index in [9.17, 15) is 19.4 Å². The number of anilines is 1. The summed E-state index contributed by atoms with van der Waals surface area (Å²) in [6.07, 6.45) is 1.11. The van der Waals surface area contributed by atoms with E-state index < -0.39 is 6.10 Å². The zero-order valence-corrected chi connectivity index (χ0v) is 19.0. The Balaban J connectivity index is 1.55. The van der Waals surface area contributed by atoms with Crippen LogP contribution in [0.4, 0.5) is 14.9 Å². The molecule has 0 aliphatic carbocycles. The van der Waals surface area contributed by atoms with Crippen LogP contribution in [0.1, 0.15) is 42.5 Å². The highest BCUT2D eigenvalue weighted by Gasteiger charge is 2.43. The predicted octanol–water partition coefficient (Wildman–Crippen LogP) is 6.23. The summed E-state index contributed by atoms with van der Waals surface area (Å²) in [6.45, 7) is 0. The SMILES string of the molecule is COc1ccc(C2[C@@H](CCC[C@@H](O)c3ccc(F)cc3)SC(=O)N2c2ccccc2)c(O)c1. The maximum atomic E-state index is 13.2. The number of phenols is 1. The predicted molar refractivity (Wildman–Crippen MR) is 128 cm³/mol. The zero-order chi connectivity index (χ0) is 23.4. The lowest BCUT2D eigenvalue weighted by atomic mass is 9.95. The Morgan fingerprint density at radius 3 is 2.48 bits per heavy atom. The van der Waals surface area contributed by atoms with E-state index >= 15 is 0 Å². The standard InChI is InChI=1S/C26H26FNO4S/c1-32-20-14-15-21(23(30)16-20)25-24(33-26(31)28(25)19-6-3-2-4-7-19)9-5-8-22(29)17-10-12-18(27)13-11-17/h2-4,6-7,10-16,22,24-25,29-30H,5,8-9H2,1H3/t22-,24-,25?/m1/s1. The van der Waals surface area contributed by atoms with Gasteiger partial charge in [-0.05, 0) is 61.2 Å². The Morgan fingerprint density at radius 2 is 1.82 bits per heavy atom. The third kappa shape index (κ3) is 5.15. The monoisotopic (exact) mass is 467 g/mol. The van der Waals surface area contributed by atoms with Crippen LogP contribution in [0, 0.1) is 5.82 Å². The van der Waals surface area contributed by atoms with E-state index in [-0.39, 0.29) is 28.1 Å². The summed E-state index contributed by atoms with van der Waals surface area (Å²) in [5.74, 6) is 0.278. The zero-order valence-electron chi connectivity index (χ0n) is 18.2. The molecular formula is C26H26FNO4S. The van der Waals surface area contributed by atoms with Crippen molar-refractivity contribution in [1.82, 2.24) is 0 Å². The highest BCUT2D eigenvalue weighted by atomic mass is 32.2. The number of hydrogen-bond donors (Lipinski definition) is 2. The van der Waals surface area contributed by atoms with Gasteiger partial charge in [-0.2, -0.15) is 0 Å². The number of aromatic hydroxyl groups is 1. The molecule has 0 radical (unpaired) electrons. The van der Waals surface area contributed by atoms with Crippen molar-refractivity contribution in [2.75, 3.05) is 12.0 Å². The van der Waals surface area contributed by atoms with Gasteiger partial charge in [0.05, 0.1) is 19.3 Å². The number of nitrogens with zero attached hydrogens (tertiary/aromatic N) is 1. The van der Waals surface area contributed by atoms with Crippen molar-refractivity contribution in [3.8, 4) is 11.5 Å². The summed E-state index contributed by atoms with van der Waals surface area (Å²) in [5.41, 5.74) is 2.09. The van der Waals surface area contributed by atoms with Gasteiger partial charge in [0.1, 0.15) is 17.3 Å². The lowest BCUT2D eigenvalue weighted by Crippen LogP contribution is -2.29. The fourth-order valence-corrected chi connectivity index (χ4v) is 5.48. The van der Waals surface area contributed by atoms with E-state index in [1.807, 2.05) is 30.3 Å². The van der Waals surface area contributed by atoms with E-state index in [0.717, 1.165) is 5.69 Å². The number of carbonyl (C=O) groups excluding carboxylic acids is 1. The molecule has 1 aliphatic rings. The van der Waals surface area contributed by atoms with Crippen molar-refractivity contribution in [1.29, 1.82) is 0 Å². The van der Waals surface area contributed by atoms with Gasteiger partial charge in [-0.15, -0.1) is 0 Å². The summed E-state index contributed by atoms with van der Waals surface area (Å²) in [4.78, 5) is 14.8. The minimum atomic E-state index is -0.703. The first-order valence-electron chi connectivity index (χ1n) is 10.8. The van der Waals surface area contributed by atoms with E-state index in [4.69, 9.17) is 4.74 Å². The van der Waals surface area contributed by atoms with Crippen LogP contribution in [0.5, 0.6) is 11.5 Å². The summed E-state index contributed by atoms with van der Waals surface area (Å²) in [6, 6.07) is 20.0. The Labute approximate surface area is 196 Å². The van der Waals surface area contributed by atoms with Crippen molar-refractivity contribution in [2.24, 2.45) is 0 Å². The second kappa shape index (κ2) is 10.3. The molecule has 5 nitrogen and oxygen atoms in total. The van der Waals surface area contributed by atoms with Crippen LogP contribution in [0.15, 0.2) is 72.8 Å². The number of phenolic OH excluding ortho intramolecular Hbond substituents is 1.